The molecule has 0 aliphatic heterocycles. The zero-order chi connectivity index (χ0) is 10.9. The van der Waals surface area contributed by atoms with E-state index < -0.39 is 5.41 Å². The highest BCUT2D eigenvalue weighted by Gasteiger charge is 2.24. The minimum atomic E-state index is -0.398. The third kappa shape index (κ3) is 2.52. The van der Waals surface area contributed by atoms with Gasteiger partial charge in [-0.15, -0.1) is 0 Å². The summed E-state index contributed by atoms with van der Waals surface area (Å²) in [6.07, 6.45) is 0. The first kappa shape index (κ1) is 12.5. The predicted octanol–water partition coefficient (Wildman–Crippen LogP) is 2.87. The van der Waals surface area contributed by atoms with Gasteiger partial charge in [-0.25, -0.2) is 0 Å². The number of halogens is 2. The van der Waals surface area contributed by atoms with Gasteiger partial charge in [0.15, 0.2) is 0 Å². The normalized spacial score (nSPS) is 11.8. The number of aromatic hydroxyl groups is 1. The lowest BCUT2D eigenvalue weighted by Gasteiger charge is -2.24. The van der Waals surface area contributed by atoms with Gasteiger partial charge >= 0.3 is 0 Å². The molecule has 1 rings (SSSR count). The minimum absolute atomic E-state index is 0.0245. The average molecular weight is 418 g/mol. The topological polar surface area (TPSA) is 40.5 Å². The Morgan fingerprint density at radius 3 is 2.36 bits per heavy atom. The SMILES string of the molecule is CC(C)(CO)c1cc(I)cc(I)c1O. The van der Waals surface area contributed by atoms with Gasteiger partial charge < -0.3 is 10.2 Å². The molecule has 0 atom stereocenters. The molecule has 1 aromatic rings. The van der Waals surface area contributed by atoms with Crippen LogP contribution in [0.1, 0.15) is 19.4 Å². The largest absolute Gasteiger partial charge is 0.507 e. The van der Waals surface area contributed by atoms with E-state index in [9.17, 15) is 10.2 Å². The first-order chi connectivity index (χ1) is 6.38. The van der Waals surface area contributed by atoms with Crippen LogP contribution in [0.4, 0.5) is 0 Å². The predicted molar refractivity (Wildman–Crippen MR) is 73.7 cm³/mol. The van der Waals surface area contributed by atoms with Crippen molar-refractivity contribution in [2.24, 2.45) is 0 Å². The third-order valence-electron chi connectivity index (χ3n) is 2.15. The molecular formula is C10H12I2O2. The van der Waals surface area contributed by atoms with Crippen LogP contribution in [0.3, 0.4) is 0 Å². The van der Waals surface area contributed by atoms with E-state index in [-0.39, 0.29) is 12.4 Å². The van der Waals surface area contributed by atoms with Crippen LogP contribution in [-0.2, 0) is 5.41 Å². The number of phenolic OH excluding ortho intramolecular Hbond substituents is 1. The Bertz CT molecular complexity index is 348. The molecule has 4 heteroatoms. The Kier molecular flexibility index (Phi) is 4.04. The monoisotopic (exact) mass is 418 g/mol. The number of aliphatic hydroxyl groups is 1. The van der Waals surface area contributed by atoms with E-state index in [1.807, 2.05) is 26.0 Å². The molecule has 0 fully saturated rings. The summed E-state index contributed by atoms with van der Waals surface area (Å²) in [6.45, 7) is 3.85. The van der Waals surface area contributed by atoms with Crippen molar-refractivity contribution < 1.29 is 10.2 Å². The van der Waals surface area contributed by atoms with Crippen molar-refractivity contribution >= 4 is 45.2 Å². The Morgan fingerprint density at radius 1 is 1.29 bits per heavy atom. The molecule has 0 amide bonds. The van der Waals surface area contributed by atoms with E-state index in [2.05, 4.69) is 45.2 Å². The van der Waals surface area contributed by atoms with Gasteiger partial charge in [0.1, 0.15) is 5.75 Å². The molecule has 2 nitrogen and oxygen atoms in total. The summed E-state index contributed by atoms with van der Waals surface area (Å²) in [7, 11) is 0. The molecule has 0 saturated carbocycles. The highest BCUT2D eigenvalue weighted by Crippen LogP contribution is 2.35. The number of benzene rings is 1. The van der Waals surface area contributed by atoms with Crippen molar-refractivity contribution in [1.82, 2.24) is 0 Å². The summed E-state index contributed by atoms with van der Waals surface area (Å²) < 4.78 is 1.90. The Labute approximate surface area is 111 Å². The van der Waals surface area contributed by atoms with Crippen molar-refractivity contribution in [3.05, 3.63) is 24.8 Å². The molecule has 0 aliphatic carbocycles. The van der Waals surface area contributed by atoms with Crippen molar-refractivity contribution in [3.8, 4) is 5.75 Å². The minimum Gasteiger partial charge on any atom is -0.507 e. The molecule has 1 aromatic carbocycles. The summed E-state index contributed by atoms with van der Waals surface area (Å²) in [5.41, 5.74) is 0.404. The van der Waals surface area contributed by atoms with Gasteiger partial charge in [0.2, 0.25) is 0 Å². The number of phenols is 1. The Balaban J connectivity index is 3.34. The number of hydrogen-bond donors (Lipinski definition) is 2. The lowest BCUT2D eigenvalue weighted by molar-refractivity contribution is 0.215. The van der Waals surface area contributed by atoms with Crippen LogP contribution in [0.25, 0.3) is 0 Å². The van der Waals surface area contributed by atoms with Gasteiger partial charge in [0.05, 0.1) is 10.2 Å². The maximum absolute atomic E-state index is 9.87. The van der Waals surface area contributed by atoms with Crippen LogP contribution in [0, 0.1) is 7.14 Å². The maximum Gasteiger partial charge on any atom is 0.132 e. The molecule has 0 aromatic heterocycles. The van der Waals surface area contributed by atoms with E-state index in [0.717, 1.165) is 12.7 Å². The number of rotatable bonds is 2. The highest BCUT2D eigenvalue weighted by atomic mass is 127. The molecule has 0 aliphatic rings. The molecule has 2 N–H and O–H groups in total. The van der Waals surface area contributed by atoms with Crippen LogP contribution in [0.2, 0.25) is 0 Å². The standard InChI is InChI=1S/C10H12I2O2/c1-10(2,5-13)7-3-6(11)4-8(12)9(7)14/h3-4,13-14H,5H2,1-2H3. The Morgan fingerprint density at radius 2 is 1.86 bits per heavy atom. The smallest absolute Gasteiger partial charge is 0.132 e. The molecule has 78 valence electrons. The summed E-state index contributed by atoms with van der Waals surface area (Å²) in [5.74, 6) is 0.282. The second kappa shape index (κ2) is 4.52. The van der Waals surface area contributed by atoms with Crippen LogP contribution >= 0.6 is 45.2 Å². The lowest BCUT2D eigenvalue weighted by atomic mass is 9.85. The zero-order valence-electron chi connectivity index (χ0n) is 8.01. The third-order valence-corrected chi connectivity index (χ3v) is 3.60. The van der Waals surface area contributed by atoms with Gasteiger partial charge in [0, 0.05) is 14.5 Å². The fourth-order valence-electron chi connectivity index (χ4n) is 1.17. The first-order valence-corrected chi connectivity index (χ1v) is 6.33. The molecule has 0 spiro atoms. The van der Waals surface area contributed by atoms with Crippen LogP contribution in [0.15, 0.2) is 12.1 Å². The Hall–Kier alpha value is 0.440. The summed E-state index contributed by atoms with van der Waals surface area (Å²) in [6, 6.07) is 3.82. The molecule has 0 heterocycles. The quantitative estimate of drug-likeness (QED) is 0.726. The van der Waals surface area contributed by atoms with Gasteiger partial charge in [-0.05, 0) is 57.3 Å². The molecule has 0 radical (unpaired) electrons. The van der Waals surface area contributed by atoms with E-state index in [1.54, 1.807) is 0 Å². The van der Waals surface area contributed by atoms with Gasteiger partial charge in [0.25, 0.3) is 0 Å². The summed E-state index contributed by atoms with van der Waals surface area (Å²) in [4.78, 5) is 0. The highest BCUT2D eigenvalue weighted by molar-refractivity contribution is 14.1. The number of hydrogen-bond acceptors (Lipinski definition) is 2. The van der Waals surface area contributed by atoms with Gasteiger partial charge in [-0.2, -0.15) is 0 Å². The fourth-order valence-corrected chi connectivity index (χ4v) is 3.01. The van der Waals surface area contributed by atoms with Crippen molar-refractivity contribution in [1.29, 1.82) is 0 Å². The molecule has 0 saturated heterocycles. The molecule has 0 unspecified atom stereocenters. The van der Waals surface area contributed by atoms with Crippen molar-refractivity contribution in [2.75, 3.05) is 6.61 Å². The second-order valence-corrected chi connectivity index (χ2v) is 6.23. The molecule has 14 heavy (non-hydrogen) atoms. The average Bonchev–Trinajstić information content (AvgIpc) is 2.11. The lowest BCUT2D eigenvalue weighted by Crippen LogP contribution is -2.22. The summed E-state index contributed by atoms with van der Waals surface area (Å²) >= 11 is 4.30. The fraction of sp³-hybridized carbons (Fsp3) is 0.400. The van der Waals surface area contributed by atoms with Gasteiger partial charge in [-0.1, -0.05) is 13.8 Å². The van der Waals surface area contributed by atoms with Gasteiger partial charge in [-0.3, -0.25) is 0 Å². The van der Waals surface area contributed by atoms with E-state index in [1.165, 1.54) is 0 Å². The van der Waals surface area contributed by atoms with Crippen LogP contribution < -0.4 is 0 Å². The second-order valence-electron chi connectivity index (χ2n) is 3.83. The maximum atomic E-state index is 9.87. The summed E-state index contributed by atoms with van der Waals surface area (Å²) in [5, 5.41) is 19.1. The molecule has 0 bridgehead atoms. The van der Waals surface area contributed by atoms with Crippen LogP contribution in [-0.4, -0.2) is 16.8 Å². The van der Waals surface area contributed by atoms with E-state index >= 15 is 0 Å². The van der Waals surface area contributed by atoms with Crippen molar-refractivity contribution in [3.63, 3.8) is 0 Å². The van der Waals surface area contributed by atoms with Crippen LogP contribution in [0.5, 0.6) is 5.75 Å². The first-order valence-electron chi connectivity index (χ1n) is 4.18. The zero-order valence-corrected chi connectivity index (χ0v) is 12.3. The van der Waals surface area contributed by atoms with Crippen molar-refractivity contribution in [2.45, 2.75) is 19.3 Å². The number of aliphatic hydroxyl groups excluding tert-OH is 1. The molecular weight excluding hydrogens is 406 g/mol. The van der Waals surface area contributed by atoms with E-state index in [0.29, 0.717) is 0 Å². The van der Waals surface area contributed by atoms with E-state index in [4.69, 9.17) is 0 Å².